The molecule has 0 unspecified atom stereocenters. The Bertz CT molecular complexity index is 962. The fourth-order valence-electron chi connectivity index (χ4n) is 3.58. The summed E-state index contributed by atoms with van der Waals surface area (Å²) < 4.78 is 0. The number of aryl methyl sites for hydroxylation is 2. The van der Waals surface area contributed by atoms with E-state index < -0.39 is 17.9 Å². The van der Waals surface area contributed by atoms with Gasteiger partial charge in [0.15, 0.2) is 0 Å². The molecule has 3 rings (SSSR count). The Labute approximate surface area is 201 Å². The molecule has 9 heteroatoms. The fourth-order valence-corrected chi connectivity index (χ4v) is 5.59. The first-order valence-corrected chi connectivity index (χ1v) is 12.3. The van der Waals surface area contributed by atoms with E-state index in [1.807, 2.05) is 0 Å². The molecule has 2 aromatic heterocycles. The van der Waals surface area contributed by atoms with Gasteiger partial charge in [-0.1, -0.05) is 6.08 Å². The van der Waals surface area contributed by atoms with Crippen LogP contribution < -0.4 is 0 Å². The molecule has 178 valence electrons. The molecule has 3 heterocycles. The van der Waals surface area contributed by atoms with Crippen molar-refractivity contribution in [3.63, 3.8) is 0 Å². The van der Waals surface area contributed by atoms with E-state index in [0.717, 1.165) is 32.4 Å². The van der Waals surface area contributed by atoms with E-state index >= 15 is 0 Å². The van der Waals surface area contributed by atoms with E-state index in [0.29, 0.717) is 18.7 Å². The number of carbonyl (C=O) groups is 3. The van der Waals surface area contributed by atoms with Gasteiger partial charge >= 0.3 is 17.9 Å². The molecule has 1 fully saturated rings. The lowest BCUT2D eigenvalue weighted by Gasteiger charge is -2.30. The minimum absolute atomic E-state index is 0.198. The van der Waals surface area contributed by atoms with Crippen molar-refractivity contribution < 1.29 is 29.7 Å². The molecule has 33 heavy (non-hydrogen) atoms. The Kier molecular flexibility index (Phi) is 10.5. The van der Waals surface area contributed by atoms with Crippen LogP contribution in [0, 0.1) is 19.8 Å². The SMILES string of the molecule is Cc1ccsc1C(=CCCN1CCC[C@@H](C(=O)O)C1)c1sccc1C.O=C(O)/C=C/C(=O)O. The van der Waals surface area contributed by atoms with Crippen molar-refractivity contribution >= 4 is 46.2 Å². The molecular weight excluding hydrogens is 462 g/mol. The van der Waals surface area contributed by atoms with Gasteiger partial charge in [-0.2, -0.15) is 0 Å². The maximum absolute atomic E-state index is 11.2. The van der Waals surface area contributed by atoms with Crippen LogP contribution in [0.25, 0.3) is 5.57 Å². The topological polar surface area (TPSA) is 115 Å². The minimum Gasteiger partial charge on any atom is -0.481 e. The van der Waals surface area contributed by atoms with E-state index in [2.05, 4.69) is 47.7 Å². The van der Waals surface area contributed by atoms with E-state index in [9.17, 15) is 19.5 Å². The number of aliphatic carboxylic acids is 3. The lowest BCUT2D eigenvalue weighted by molar-refractivity contribution is -0.143. The summed E-state index contributed by atoms with van der Waals surface area (Å²) >= 11 is 3.60. The van der Waals surface area contributed by atoms with Crippen LogP contribution >= 0.6 is 22.7 Å². The quantitative estimate of drug-likeness (QED) is 0.456. The van der Waals surface area contributed by atoms with Crippen molar-refractivity contribution in [2.24, 2.45) is 5.92 Å². The highest BCUT2D eigenvalue weighted by Gasteiger charge is 2.24. The lowest BCUT2D eigenvalue weighted by Crippen LogP contribution is -2.39. The summed E-state index contributed by atoms with van der Waals surface area (Å²) in [6.07, 6.45) is 6.22. The van der Waals surface area contributed by atoms with Crippen LogP contribution in [0.5, 0.6) is 0 Å². The number of carboxylic acid groups (broad SMARTS) is 3. The molecule has 0 aliphatic carbocycles. The first kappa shape index (κ1) is 26.5. The second-order valence-corrected chi connectivity index (χ2v) is 9.59. The van der Waals surface area contributed by atoms with Gasteiger partial charge in [0.2, 0.25) is 0 Å². The molecule has 1 aliphatic rings. The summed E-state index contributed by atoms with van der Waals surface area (Å²) in [5.74, 6) is -3.36. The number of hydrogen-bond acceptors (Lipinski definition) is 6. The van der Waals surface area contributed by atoms with Gasteiger partial charge in [0, 0.05) is 40.6 Å². The van der Waals surface area contributed by atoms with Gasteiger partial charge in [-0.05, 0) is 73.7 Å². The van der Waals surface area contributed by atoms with Gasteiger partial charge in [0.1, 0.15) is 0 Å². The van der Waals surface area contributed by atoms with E-state index in [1.165, 1.54) is 26.5 Å². The van der Waals surface area contributed by atoms with Crippen LogP contribution in [0.15, 0.2) is 41.1 Å². The third kappa shape index (κ3) is 8.60. The number of likely N-dealkylation sites (tertiary alicyclic amines) is 1. The standard InChI is InChI=1S/C20H25NO2S2.C4H4O4/c1-14-7-11-24-18(14)17(19-15(2)8-12-25-19)6-4-10-21-9-3-5-16(13-21)20(22)23;5-3(6)1-2-4(7)8/h6-8,11-12,16H,3-5,9-10,13H2,1-2H3,(H,22,23);1-2H,(H,5,6)(H,7,8)/b;2-1+/t16-;/m1./s1. The highest BCUT2D eigenvalue weighted by molar-refractivity contribution is 7.14. The van der Waals surface area contributed by atoms with E-state index in [4.69, 9.17) is 10.2 Å². The second kappa shape index (κ2) is 13.1. The Morgan fingerprint density at radius 3 is 1.97 bits per heavy atom. The van der Waals surface area contributed by atoms with Crippen LogP contribution in [0.2, 0.25) is 0 Å². The maximum atomic E-state index is 11.2. The third-order valence-corrected chi connectivity index (χ3v) is 7.33. The molecule has 2 aromatic rings. The summed E-state index contributed by atoms with van der Waals surface area (Å²) in [6.45, 7) is 6.98. The zero-order valence-corrected chi connectivity index (χ0v) is 20.3. The Morgan fingerprint density at radius 1 is 1.00 bits per heavy atom. The number of carboxylic acids is 3. The first-order valence-electron chi connectivity index (χ1n) is 10.6. The smallest absolute Gasteiger partial charge is 0.328 e. The Morgan fingerprint density at radius 2 is 1.55 bits per heavy atom. The number of piperidine rings is 1. The van der Waals surface area contributed by atoms with E-state index in [-0.39, 0.29) is 5.92 Å². The van der Waals surface area contributed by atoms with Gasteiger partial charge in [0.05, 0.1) is 5.92 Å². The summed E-state index contributed by atoms with van der Waals surface area (Å²) in [7, 11) is 0. The molecule has 0 radical (unpaired) electrons. The van der Waals surface area contributed by atoms with Crippen LogP contribution in [0.1, 0.15) is 40.1 Å². The van der Waals surface area contributed by atoms with Crippen LogP contribution in [-0.4, -0.2) is 57.8 Å². The third-order valence-electron chi connectivity index (χ3n) is 5.23. The molecule has 0 spiro atoms. The zero-order valence-electron chi connectivity index (χ0n) is 18.7. The van der Waals surface area contributed by atoms with Crippen molar-refractivity contribution in [1.82, 2.24) is 4.90 Å². The molecule has 1 saturated heterocycles. The van der Waals surface area contributed by atoms with Crippen molar-refractivity contribution in [2.75, 3.05) is 19.6 Å². The van der Waals surface area contributed by atoms with Crippen molar-refractivity contribution in [3.8, 4) is 0 Å². The number of hydrogen-bond donors (Lipinski definition) is 3. The van der Waals surface area contributed by atoms with Gasteiger partial charge in [-0.25, -0.2) is 9.59 Å². The minimum atomic E-state index is -1.26. The van der Waals surface area contributed by atoms with Crippen molar-refractivity contribution in [2.45, 2.75) is 33.1 Å². The predicted molar refractivity (Wildman–Crippen MR) is 131 cm³/mol. The van der Waals surface area contributed by atoms with Crippen LogP contribution in [0.3, 0.4) is 0 Å². The molecule has 0 aromatic carbocycles. The predicted octanol–water partition coefficient (Wildman–Crippen LogP) is 4.76. The first-order chi connectivity index (χ1) is 15.7. The molecule has 3 N–H and O–H groups in total. The van der Waals surface area contributed by atoms with E-state index in [1.54, 1.807) is 22.7 Å². The maximum Gasteiger partial charge on any atom is 0.328 e. The highest BCUT2D eigenvalue weighted by Crippen LogP contribution is 2.35. The van der Waals surface area contributed by atoms with Crippen molar-refractivity contribution in [1.29, 1.82) is 0 Å². The highest BCUT2D eigenvalue weighted by atomic mass is 32.1. The molecule has 0 amide bonds. The van der Waals surface area contributed by atoms with Crippen LogP contribution in [0.4, 0.5) is 0 Å². The number of rotatable bonds is 8. The normalized spacial score (nSPS) is 16.1. The molecule has 0 bridgehead atoms. The largest absolute Gasteiger partial charge is 0.481 e. The summed E-state index contributed by atoms with van der Waals surface area (Å²) in [6, 6.07) is 4.36. The van der Waals surface area contributed by atoms with Gasteiger partial charge in [0.25, 0.3) is 0 Å². The van der Waals surface area contributed by atoms with Gasteiger partial charge < -0.3 is 20.2 Å². The average Bonchev–Trinajstić information content (AvgIpc) is 3.38. The molecule has 7 nitrogen and oxygen atoms in total. The monoisotopic (exact) mass is 491 g/mol. The fraction of sp³-hybridized carbons (Fsp3) is 0.375. The molecule has 1 aliphatic heterocycles. The average molecular weight is 492 g/mol. The molecule has 0 saturated carbocycles. The lowest BCUT2D eigenvalue weighted by atomic mass is 9.98. The Hall–Kier alpha value is -2.75. The summed E-state index contributed by atoms with van der Waals surface area (Å²) in [4.78, 5) is 35.4. The Balaban J connectivity index is 0.000000414. The molecule has 1 atom stereocenters. The van der Waals surface area contributed by atoms with Crippen LogP contribution in [-0.2, 0) is 14.4 Å². The number of nitrogens with zero attached hydrogens (tertiary/aromatic N) is 1. The number of thiophene rings is 2. The molecular formula is C24H29NO6S2. The second-order valence-electron chi connectivity index (χ2n) is 7.76. The zero-order chi connectivity index (χ0) is 24.4. The summed E-state index contributed by atoms with van der Waals surface area (Å²) in [5, 5.41) is 29.2. The van der Waals surface area contributed by atoms with Gasteiger partial charge in [-0.3, -0.25) is 4.79 Å². The van der Waals surface area contributed by atoms with Crippen molar-refractivity contribution in [3.05, 3.63) is 62.0 Å². The van der Waals surface area contributed by atoms with Gasteiger partial charge in [-0.15, -0.1) is 22.7 Å². The summed E-state index contributed by atoms with van der Waals surface area (Å²) in [5.41, 5.74) is 3.99.